The average Bonchev–Trinajstić information content (AvgIpc) is 2.96. The molecule has 12 heteroatoms. The van der Waals surface area contributed by atoms with E-state index in [9.17, 15) is 31.2 Å². The van der Waals surface area contributed by atoms with E-state index >= 15 is 0 Å². The summed E-state index contributed by atoms with van der Waals surface area (Å²) >= 11 is 5.82. The third kappa shape index (κ3) is 8.51. The molecule has 2 amide bonds. The number of aryl methyl sites for hydroxylation is 1. The third-order valence-electron chi connectivity index (χ3n) is 7.01. The number of anilines is 1. The molecule has 3 aromatic rings. The quantitative estimate of drug-likeness (QED) is 0.243. The lowest BCUT2D eigenvalue weighted by atomic mass is 10.1. The molecule has 3 aromatic carbocycles. The Kier molecular flexibility index (Phi) is 11.3. The molecule has 0 spiro atoms. The number of halogens is 4. The molecule has 0 aromatic heterocycles. The molecule has 0 radical (unpaired) electrons. The predicted molar refractivity (Wildman–Crippen MR) is 161 cm³/mol. The van der Waals surface area contributed by atoms with Crippen molar-refractivity contribution in [3.8, 4) is 0 Å². The molecule has 7 nitrogen and oxygen atoms in total. The highest BCUT2D eigenvalue weighted by atomic mass is 35.5. The fraction of sp³-hybridized carbons (Fsp3) is 0.355. The Hall–Kier alpha value is -3.57. The van der Waals surface area contributed by atoms with Crippen molar-refractivity contribution in [2.75, 3.05) is 10.8 Å². The van der Waals surface area contributed by atoms with E-state index in [1.54, 1.807) is 25.1 Å². The number of benzene rings is 3. The van der Waals surface area contributed by atoms with E-state index < -0.39 is 56.9 Å². The lowest BCUT2D eigenvalue weighted by Crippen LogP contribution is -2.53. The number of nitrogens with zero attached hydrogens (tertiary/aromatic N) is 2. The van der Waals surface area contributed by atoms with Crippen LogP contribution in [0.5, 0.6) is 0 Å². The van der Waals surface area contributed by atoms with Gasteiger partial charge in [-0.2, -0.15) is 13.2 Å². The highest BCUT2D eigenvalue weighted by molar-refractivity contribution is 7.92. The van der Waals surface area contributed by atoms with Crippen molar-refractivity contribution in [2.24, 2.45) is 0 Å². The summed E-state index contributed by atoms with van der Waals surface area (Å²) in [5, 5.41) is 2.26. The van der Waals surface area contributed by atoms with Crippen LogP contribution < -0.4 is 9.62 Å². The molecule has 0 bridgehead atoms. The van der Waals surface area contributed by atoms with Crippen molar-refractivity contribution < 1.29 is 31.2 Å². The Morgan fingerprint density at radius 1 is 0.953 bits per heavy atom. The van der Waals surface area contributed by atoms with E-state index in [-0.39, 0.29) is 23.9 Å². The summed E-state index contributed by atoms with van der Waals surface area (Å²) < 4.78 is 69.7. The Morgan fingerprint density at radius 2 is 1.58 bits per heavy atom. The lowest BCUT2D eigenvalue weighted by Gasteiger charge is -2.34. The molecule has 2 atom stereocenters. The van der Waals surface area contributed by atoms with E-state index in [0.717, 1.165) is 17.7 Å². The van der Waals surface area contributed by atoms with Gasteiger partial charge in [-0.1, -0.05) is 73.5 Å². The molecular formula is C31H35ClF3N3O4S. The van der Waals surface area contributed by atoms with Crippen LogP contribution in [0, 0.1) is 6.92 Å². The summed E-state index contributed by atoms with van der Waals surface area (Å²) in [7, 11) is -4.54. The molecule has 232 valence electrons. The van der Waals surface area contributed by atoms with Crippen LogP contribution in [0.1, 0.15) is 50.3 Å². The van der Waals surface area contributed by atoms with Crippen LogP contribution >= 0.6 is 11.6 Å². The minimum atomic E-state index is -4.88. The van der Waals surface area contributed by atoms with Gasteiger partial charge >= 0.3 is 6.18 Å². The van der Waals surface area contributed by atoms with Crippen molar-refractivity contribution in [1.82, 2.24) is 10.2 Å². The molecule has 2 unspecified atom stereocenters. The van der Waals surface area contributed by atoms with Gasteiger partial charge in [0.1, 0.15) is 12.6 Å². The monoisotopic (exact) mass is 637 g/mol. The zero-order chi connectivity index (χ0) is 31.9. The van der Waals surface area contributed by atoms with Gasteiger partial charge in [-0.15, -0.1) is 0 Å². The first-order valence-electron chi connectivity index (χ1n) is 13.8. The van der Waals surface area contributed by atoms with Crippen molar-refractivity contribution in [1.29, 1.82) is 0 Å². The maximum atomic E-state index is 14.1. The first kappa shape index (κ1) is 33.9. The van der Waals surface area contributed by atoms with Gasteiger partial charge in [0.15, 0.2) is 0 Å². The number of hydrogen-bond donors (Lipinski definition) is 1. The molecule has 43 heavy (non-hydrogen) atoms. The van der Waals surface area contributed by atoms with Gasteiger partial charge < -0.3 is 10.2 Å². The van der Waals surface area contributed by atoms with Gasteiger partial charge in [0.25, 0.3) is 10.0 Å². The first-order chi connectivity index (χ1) is 20.2. The van der Waals surface area contributed by atoms with Crippen LogP contribution in [0.4, 0.5) is 18.9 Å². The van der Waals surface area contributed by atoms with Gasteiger partial charge in [-0.05, 0) is 62.6 Å². The van der Waals surface area contributed by atoms with Gasteiger partial charge in [0.05, 0.1) is 21.2 Å². The molecule has 0 aliphatic rings. The number of alkyl halides is 3. The highest BCUT2D eigenvalue weighted by Crippen LogP contribution is 2.38. The normalized spacial score (nSPS) is 13.2. The summed E-state index contributed by atoms with van der Waals surface area (Å²) in [6, 6.07) is 15.9. The molecular weight excluding hydrogens is 603 g/mol. The van der Waals surface area contributed by atoms with Crippen LogP contribution in [0.3, 0.4) is 0 Å². The van der Waals surface area contributed by atoms with E-state index in [0.29, 0.717) is 22.4 Å². The van der Waals surface area contributed by atoms with Crippen molar-refractivity contribution in [2.45, 2.75) is 70.2 Å². The summed E-state index contributed by atoms with van der Waals surface area (Å²) in [6.07, 6.45) is -4.02. The number of nitrogens with one attached hydrogen (secondary N) is 1. The molecule has 0 aliphatic carbocycles. The van der Waals surface area contributed by atoms with E-state index in [2.05, 4.69) is 5.32 Å². The summed E-state index contributed by atoms with van der Waals surface area (Å²) in [6.45, 7) is 6.45. The second-order valence-corrected chi connectivity index (χ2v) is 12.5. The Balaban J connectivity index is 2.13. The van der Waals surface area contributed by atoms with Crippen LogP contribution in [-0.4, -0.2) is 43.8 Å². The third-order valence-corrected chi connectivity index (χ3v) is 9.13. The van der Waals surface area contributed by atoms with E-state index in [1.165, 1.54) is 29.2 Å². The van der Waals surface area contributed by atoms with Crippen molar-refractivity contribution >= 4 is 39.1 Å². The summed E-state index contributed by atoms with van der Waals surface area (Å²) in [5.74, 6) is -1.18. The second kappa shape index (κ2) is 14.3. The Bertz CT molecular complexity index is 1520. The molecule has 0 heterocycles. The number of carbonyl (C=O) groups excluding carboxylic acids is 2. The Labute approximate surface area is 255 Å². The largest absolute Gasteiger partial charge is 0.417 e. The van der Waals surface area contributed by atoms with E-state index in [1.807, 2.05) is 32.9 Å². The fourth-order valence-electron chi connectivity index (χ4n) is 4.38. The Morgan fingerprint density at radius 3 is 2.14 bits per heavy atom. The maximum Gasteiger partial charge on any atom is 0.417 e. The molecule has 0 aliphatic heterocycles. The van der Waals surface area contributed by atoms with Crippen LogP contribution in [0.25, 0.3) is 0 Å². The van der Waals surface area contributed by atoms with E-state index in [4.69, 9.17) is 11.6 Å². The number of hydrogen-bond acceptors (Lipinski definition) is 4. The topological polar surface area (TPSA) is 86.8 Å². The molecule has 0 fully saturated rings. The van der Waals surface area contributed by atoms with Gasteiger partial charge in [0.2, 0.25) is 11.8 Å². The molecule has 1 N–H and O–H groups in total. The molecule has 3 rings (SSSR count). The minimum Gasteiger partial charge on any atom is -0.352 e. The van der Waals surface area contributed by atoms with Crippen molar-refractivity contribution in [3.05, 3.63) is 94.5 Å². The van der Waals surface area contributed by atoms with Crippen molar-refractivity contribution in [3.63, 3.8) is 0 Å². The van der Waals surface area contributed by atoms with Crippen LogP contribution in [0.2, 0.25) is 5.02 Å². The van der Waals surface area contributed by atoms with Crippen LogP contribution in [0.15, 0.2) is 77.7 Å². The summed E-state index contributed by atoms with van der Waals surface area (Å²) in [5.41, 5.74) is 0.0214. The number of amides is 2. The molecule has 0 saturated heterocycles. The number of sulfonamides is 1. The minimum absolute atomic E-state index is 0.0286. The van der Waals surface area contributed by atoms with Gasteiger partial charge in [-0.25, -0.2) is 8.42 Å². The van der Waals surface area contributed by atoms with Gasteiger partial charge in [-0.3, -0.25) is 13.9 Å². The second-order valence-electron chi connectivity index (χ2n) is 10.2. The zero-order valence-corrected chi connectivity index (χ0v) is 25.9. The predicted octanol–water partition coefficient (Wildman–Crippen LogP) is 6.58. The molecule has 0 saturated carbocycles. The number of carbonyl (C=O) groups is 2. The van der Waals surface area contributed by atoms with Crippen LogP contribution in [-0.2, 0) is 32.3 Å². The zero-order valence-electron chi connectivity index (χ0n) is 24.4. The van der Waals surface area contributed by atoms with Gasteiger partial charge in [0, 0.05) is 12.6 Å². The standard InChI is InChI=1S/C31H35ClF3N3O4S/c1-5-22(4)36-30(40)28(6-2)37(19-23-14-12-21(3)13-15-23)29(39)20-38(43(41,42)25-10-8-7-9-11-25)24-16-17-27(32)26(18-24)31(33,34)35/h7-18,22,28H,5-6,19-20H2,1-4H3,(H,36,40). The lowest BCUT2D eigenvalue weighted by molar-refractivity contribution is -0.140. The SMILES string of the molecule is CCC(C)NC(=O)C(CC)N(Cc1ccc(C)cc1)C(=O)CN(c1ccc(Cl)c(C(F)(F)F)c1)S(=O)(=O)c1ccccc1. The highest BCUT2D eigenvalue weighted by Gasteiger charge is 2.37. The fourth-order valence-corrected chi connectivity index (χ4v) is 6.04. The first-order valence-corrected chi connectivity index (χ1v) is 15.6. The maximum absolute atomic E-state index is 14.1. The average molecular weight is 638 g/mol. The summed E-state index contributed by atoms with van der Waals surface area (Å²) in [4.78, 5) is 28.5. The smallest absolute Gasteiger partial charge is 0.352 e. The number of rotatable bonds is 12.